The second-order valence-corrected chi connectivity index (χ2v) is 2.93. The Hall–Kier alpha value is -0.610. The summed E-state index contributed by atoms with van der Waals surface area (Å²) in [7, 11) is 1.42. The standard InChI is InChI=1S/C7H14N2O2/c1-11-9-7(10)4-6(8)5-2-3-5/h5-6H,2-4,8H2,1H3,(H,9,10). The van der Waals surface area contributed by atoms with Gasteiger partial charge in [-0.05, 0) is 18.8 Å². The Morgan fingerprint density at radius 1 is 1.82 bits per heavy atom. The largest absolute Gasteiger partial charge is 0.327 e. The van der Waals surface area contributed by atoms with E-state index < -0.39 is 0 Å². The molecule has 0 spiro atoms. The van der Waals surface area contributed by atoms with Crippen LogP contribution in [0, 0.1) is 5.92 Å². The molecule has 0 heterocycles. The van der Waals surface area contributed by atoms with E-state index in [9.17, 15) is 4.79 Å². The summed E-state index contributed by atoms with van der Waals surface area (Å²) < 4.78 is 0. The van der Waals surface area contributed by atoms with Gasteiger partial charge in [0.25, 0.3) is 0 Å². The minimum absolute atomic E-state index is 0.0187. The van der Waals surface area contributed by atoms with Gasteiger partial charge in [0.2, 0.25) is 5.91 Å². The van der Waals surface area contributed by atoms with Gasteiger partial charge in [0.05, 0.1) is 7.11 Å². The summed E-state index contributed by atoms with van der Waals surface area (Å²) in [5.41, 5.74) is 7.93. The molecule has 4 heteroatoms. The summed E-state index contributed by atoms with van der Waals surface area (Å²) >= 11 is 0. The van der Waals surface area contributed by atoms with E-state index in [-0.39, 0.29) is 11.9 Å². The fourth-order valence-electron chi connectivity index (χ4n) is 1.06. The van der Waals surface area contributed by atoms with Crippen molar-refractivity contribution in [3.05, 3.63) is 0 Å². The van der Waals surface area contributed by atoms with Crippen LogP contribution in [0.4, 0.5) is 0 Å². The monoisotopic (exact) mass is 158 g/mol. The van der Waals surface area contributed by atoms with Crippen molar-refractivity contribution in [3.63, 3.8) is 0 Å². The minimum atomic E-state index is -0.133. The van der Waals surface area contributed by atoms with Gasteiger partial charge in [-0.3, -0.25) is 9.63 Å². The minimum Gasteiger partial charge on any atom is -0.327 e. The Labute approximate surface area is 66.0 Å². The quantitative estimate of drug-likeness (QED) is 0.556. The first-order chi connectivity index (χ1) is 5.24. The average Bonchev–Trinajstić information content (AvgIpc) is 2.67. The molecule has 1 aliphatic rings. The van der Waals surface area contributed by atoms with E-state index >= 15 is 0 Å². The summed E-state index contributed by atoms with van der Waals surface area (Å²) in [6.45, 7) is 0. The summed E-state index contributed by atoms with van der Waals surface area (Å²) in [4.78, 5) is 15.3. The van der Waals surface area contributed by atoms with Crippen LogP contribution in [0.25, 0.3) is 0 Å². The predicted octanol–water partition coefficient (Wildman–Crippen LogP) is -0.209. The molecule has 0 bridgehead atoms. The van der Waals surface area contributed by atoms with Gasteiger partial charge in [-0.1, -0.05) is 0 Å². The molecule has 0 aromatic heterocycles. The Morgan fingerprint density at radius 3 is 2.91 bits per heavy atom. The van der Waals surface area contributed by atoms with Crippen molar-refractivity contribution in [2.24, 2.45) is 11.7 Å². The molecule has 1 fully saturated rings. The fraction of sp³-hybridized carbons (Fsp3) is 0.857. The van der Waals surface area contributed by atoms with Crippen LogP contribution in [-0.2, 0) is 9.63 Å². The first-order valence-electron chi connectivity index (χ1n) is 3.81. The lowest BCUT2D eigenvalue weighted by molar-refractivity contribution is -0.131. The maximum absolute atomic E-state index is 10.9. The highest BCUT2D eigenvalue weighted by atomic mass is 16.6. The van der Waals surface area contributed by atoms with E-state index in [2.05, 4.69) is 10.3 Å². The highest BCUT2D eigenvalue weighted by Crippen LogP contribution is 2.32. The number of nitrogens with two attached hydrogens (primary N) is 1. The van der Waals surface area contributed by atoms with Crippen molar-refractivity contribution in [1.29, 1.82) is 0 Å². The van der Waals surface area contributed by atoms with E-state index in [1.165, 1.54) is 20.0 Å². The van der Waals surface area contributed by atoms with E-state index in [1.54, 1.807) is 0 Å². The van der Waals surface area contributed by atoms with E-state index in [1.807, 2.05) is 0 Å². The van der Waals surface area contributed by atoms with Gasteiger partial charge in [-0.15, -0.1) is 0 Å². The summed E-state index contributed by atoms with van der Waals surface area (Å²) in [6.07, 6.45) is 2.71. The SMILES string of the molecule is CONC(=O)CC(N)C1CC1. The van der Waals surface area contributed by atoms with Crippen LogP contribution >= 0.6 is 0 Å². The Bertz CT molecular complexity index is 145. The normalized spacial score (nSPS) is 19.5. The third kappa shape index (κ3) is 2.86. The molecular weight excluding hydrogens is 144 g/mol. The molecule has 4 nitrogen and oxygen atoms in total. The summed E-state index contributed by atoms with van der Waals surface area (Å²) in [5.74, 6) is 0.435. The second-order valence-electron chi connectivity index (χ2n) is 2.93. The maximum atomic E-state index is 10.9. The van der Waals surface area contributed by atoms with Crippen molar-refractivity contribution in [2.45, 2.75) is 25.3 Å². The van der Waals surface area contributed by atoms with Gasteiger partial charge in [0, 0.05) is 12.5 Å². The lowest BCUT2D eigenvalue weighted by Gasteiger charge is -2.08. The number of hydroxylamine groups is 1. The predicted molar refractivity (Wildman–Crippen MR) is 40.5 cm³/mol. The number of amides is 1. The third-order valence-electron chi connectivity index (χ3n) is 1.86. The first-order valence-corrected chi connectivity index (χ1v) is 3.81. The van der Waals surface area contributed by atoms with Gasteiger partial charge in [0.15, 0.2) is 0 Å². The zero-order valence-corrected chi connectivity index (χ0v) is 6.67. The van der Waals surface area contributed by atoms with Gasteiger partial charge in [-0.25, -0.2) is 5.48 Å². The van der Waals surface area contributed by atoms with Crippen LogP contribution in [0.1, 0.15) is 19.3 Å². The lowest BCUT2D eigenvalue weighted by Crippen LogP contribution is -2.32. The first kappa shape index (κ1) is 8.49. The molecule has 11 heavy (non-hydrogen) atoms. The Morgan fingerprint density at radius 2 is 2.45 bits per heavy atom. The van der Waals surface area contributed by atoms with Crippen molar-refractivity contribution in [3.8, 4) is 0 Å². The molecule has 1 amide bonds. The van der Waals surface area contributed by atoms with Crippen LogP contribution in [-0.4, -0.2) is 19.1 Å². The average molecular weight is 158 g/mol. The Balaban J connectivity index is 2.12. The number of nitrogens with one attached hydrogen (secondary N) is 1. The lowest BCUT2D eigenvalue weighted by atomic mass is 10.1. The molecule has 64 valence electrons. The molecule has 0 aliphatic heterocycles. The number of carbonyl (C=O) groups is 1. The van der Waals surface area contributed by atoms with Gasteiger partial charge < -0.3 is 5.73 Å². The molecule has 0 aromatic carbocycles. The highest BCUT2D eigenvalue weighted by Gasteiger charge is 2.29. The van der Waals surface area contributed by atoms with E-state index in [4.69, 9.17) is 5.73 Å². The fourth-order valence-corrected chi connectivity index (χ4v) is 1.06. The molecule has 0 radical (unpaired) electrons. The Kier molecular flexibility index (Phi) is 2.84. The van der Waals surface area contributed by atoms with E-state index in [0.29, 0.717) is 12.3 Å². The smallest absolute Gasteiger partial charge is 0.245 e. The van der Waals surface area contributed by atoms with Gasteiger partial charge in [-0.2, -0.15) is 0 Å². The molecule has 0 saturated heterocycles. The topological polar surface area (TPSA) is 64.3 Å². The van der Waals surface area contributed by atoms with Crippen LogP contribution in [0.5, 0.6) is 0 Å². The van der Waals surface area contributed by atoms with Crippen LogP contribution in [0.15, 0.2) is 0 Å². The molecule has 0 aromatic rings. The second kappa shape index (κ2) is 3.69. The van der Waals surface area contributed by atoms with Gasteiger partial charge in [0.1, 0.15) is 0 Å². The third-order valence-corrected chi connectivity index (χ3v) is 1.86. The van der Waals surface area contributed by atoms with Crippen molar-refractivity contribution in [1.82, 2.24) is 5.48 Å². The van der Waals surface area contributed by atoms with Crippen LogP contribution in [0.2, 0.25) is 0 Å². The molecule has 1 unspecified atom stereocenters. The molecular formula is C7H14N2O2. The number of rotatable bonds is 4. The number of carbonyl (C=O) groups excluding carboxylic acids is 1. The summed E-state index contributed by atoms with van der Waals surface area (Å²) in [5, 5.41) is 0. The van der Waals surface area contributed by atoms with Gasteiger partial charge >= 0.3 is 0 Å². The molecule has 3 N–H and O–H groups in total. The van der Waals surface area contributed by atoms with E-state index in [0.717, 1.165) is 0 Å². The number of hydrogen-bond donors (Lipinski definition) is 2. The van der Waals surface area contributed by atoms with Crippen molar-refractivity contribution >= 4 is 5.91 Å². The van der Waals surface area contributed by atoms with Crippen molar-refractivity contribution < 1.29 is 9.63 Å². The summed E-state index contributed by atoms with van der Waals surface area (Å²) in [6, 6.07) is 0.0187. The van der Waals surface area contributed by atoms with Crippen molar-refractivity contribution in [2.75, 3.05) is 7.11 Å². The maximum Gasteiger partial charge on any atom is 0.245 e. The molecule has 1 saturated carbocycles. The van der Waals surface area contributed by atoms with Crippen LogP contribution in [0.3, 0.4) is 0 Å². The zero-order valence-electron chi connectivity index (χ0n) is 6.67. The highest BCUT2D eigenvalue weighted by molar-refractivity contribution is 5.75. The van der Waals surface area contributed by atoms with Crippen LogP contribution < -0.4 is 11.2 Å². The molecule has 1 atom stereocenters. The number of hydrogen-bond acceptors (Lipinski definition) is 3. The molecule has 1 aliphatic carbocycles. The molecule has 1 rings (SSSR count). The zero-order chi connectivity index (χ0) is 8.27.